The number of benzene rings is 1. The summed E-state index contributed by atoms with van der Waals surface area (Å²) in [6.07, 6.45) is 4.84. The van der Waals surface area contributed by atoms with Gasteiger partial charge in [-0.15, -0.1) is 0 Å². The topological polar surface area (TPSA) is 65.6 Å². The lowest BCUT2D eigenvalue weighted by molar-refractivity contribution is -0.134. The Labute approximate surface area is 138 Å². The fraction of sp³-hybridized carbons (Fsp3) is 0.421. The van der Waals surface area contributed by atoms with Crippen molar-refractivity contribution in [1.82, 2.24) is 9.88 Å². The summed E-state index contributed by atoms with van der Waals surface area (Å²) >= 11 is 0. The Morgan fingerprint density at radius 2 is 2.25 bits per heavy atom. The lowest BCUT2D eigenvalue weighted by Crippen LogP contribution is -2.41. The number of aliphatic hydroxyl groups is 1. The predicted molar refractivity (Wildman–Crippen MR) is 87.3 cm³/mol. The highest BCUT2D eigenvalue weighted by Crippen LogP contribution is 2.61. The molecule has 2 bridgehead atoms. The molecule has 2 saturated heterocycles. The molecule has 4 aliphatic rings. The maximum absolute atomic E-state index is 13.1. The van der Waals surface area contributed by atoms with E-state index >= 15 is 0 Å². The van der Waals surface area contributed by atoms with E-state index in [1.807, 2.05) is 17.0 Å². The van der Waals surface area contributed by atoms with Crippen molar-refractivity contribution in [3.63, 3.8) is 0 Å². The van der Waals surface area contributed by atoms with Crippen LogP contribution in [0.5, 0.6) is 0 Å². The molecule has 6 rings (SSSR count). The van der Waals surface area contributed by atoms with Gasteiger partial charge in [-0.05, 0) is 18.1 Å². The van der Waals surface area contributed by atoms with Gasteiger partial charge in [0, 0.05) is 35.7 Å². The van der Waals surface area contributed by atoms with Gasteiger partial charge >= 0.3 is 0 Å². The molecule has 1 aromatic carbocycles. The summed E-state index contributed by atoms with van der Waals surface area (Å²) in [4.78, 5) is 18.6. The summed E-state index contributed by atoms with van der Waals surface area (Å²) in [6, 6.07) is 8.21. The number of fused-ring (bicyclic) bond motifs is 6. The summed E-state index contributed by atoms with van der Waals surface area (Å²) in [5.74, 6) is -0.254. The highest BCUT2D eigenvalue weighted by atomic mass is 16.5. The van der Waals surface area contributed by atoms with Crippen molar-refractivity contribution < 1.29 is 14.6 Å². The Bertz CT molecular complexity index is 916. The van der Waals surface area contributed by atoms with Crippen LogP contribution in [0.15, 0.2) is 36.4 Å². The van der Waals surface area contributed by atoms with Gasteiger partial charge in [-0.3, -0.25) is 4.79 Å². The molecule has 5 nitrogen and oxygen atoms in total. The van der Waals surface area contributed by atoms with Crippen LogP contribution in [0.4, 0.5) is 0 Å². The van der Waals surface area contributed by atoms with Crippen LogP contribution in [0.1, 0.15) is 17.3 Å². The highest BCUT2D eigenvalue weighted by Gasteiger charge is 2.70. The van der Waals surface area contributed by atoms with Crippen LogP contribution in [-0.4, -0.2) is 45.8 Å². The first-order chi connectivity index (χ1) is 11.7. The molecule has 122 valence electrons. The molecule has 5 heterocycles. The Morgan fingerprint density at radius 1 is 1.38 bits per heavy atom. The number of H-pyrrole nitrogens is 1. The number of hydrogen-bond acceptors (Lipinski definition) is 3. The van der Waals surface area contributed by atoms with Crippen molar-refractivity contribution in [3.8, 4) is 0 Å². The molecule has 4 aliphatic heterocycles. The van der Waals surface area contributed by atoms with E-state index in [1.54, 1.807) is 0 Å². The van der Waals surface area contributed by atoms with E-state index in [0.717, 1.165) is 24.2 Å². The maximum atomic E-state index is 13.1. The number of aromatic nitrogens is 1. The third kappa shape index (κ3) is 1.27. The predicted octanol–water partition coefficient (Wildman–Crippen LogP) is 1.54. The lowest BCUT2D eigenvalue weighted by atomic mass is 9.74. The highest BCUT2D eigenvalue weighted by molar-refractivity contribution is 5.90. The number of rotatable bonds is 1. The van der Waals surface area contributed by atoms with E-state index in [0.29, 0.717) is 0 Å². The van der Waals surface area contributed by atoms with E-state index in [-0.39, 0.29) is 36.5 Å². The van der Waals surface area contributed by atoms with Gasteiger partial charge in [-0.25, -0.2) is 0 Å². The van der Waals surface area contributed by atoms with E-state index in [4.69, 9.17) is 4.74 Å². The summed E-state index contributed by atoms with van der Waals surface area (Å²) in [6.45, 7) is 0.712. The smallest absolute Gasteiger partial charge is 0.230 e. The summed E-state index contributed by atoms with van der Waals surface area (Å²) in [5, 5.41) is 11.0. The van der Waals surface area contributed by atoms with Gasteiger partial charge in [0.25, 0.3) is 0 Å². The molecule has 1 amide bonds. The van der Waals surface area contributed by atoms with Gasteiger partial charge in [-0.1, -0.05) is 30.4 Å². The third-order valence-electron chi connectivity index (χ3n) is 6.44. The average Bonchev–Trinajstić information content (AvgIpc) is 3.32. The Balaban J connectivity index is 1.60. The normalized spacial score (nSPS) is 38.7. The van der Waals surface area contributed by atoms with Gasteiger partial charge in [0.15, 0.2) is 0 Å². The van der Waals surface area contributed by atoms with Crippen LogP contribution in [0.25, 0.3) is 10.9 Å². The standard InChI is InChI=1S/C19H18N2O3/c22-9-12-14-5-7-19(24-14)15(12)18(23)21-8-6-11-10-3-1-2-4-13(10)20-16(11)17(19)21/h1-5,7,12,14-15,17,20,22H,6,8-9H2/t12-,14?,15+,17+,19?/m0/s1. The minimum absolute atomic E-state index is 0.00666. The van der Waals surface area contributed by atoms with E-state index in [2.05, 4.69) is 29.3 Å². The fourth-order valence-electron chi connectivity index (χ4n) is 5.53. The first-order valence-electron chi connectivity index (χ1n) is 8.62. The number of para-hydroxylation sites is 1. The van der Waals surface area contributed by atoms with Gasteiger partial charge in [0.2, 0.25) is 5.91 Å². The molecule has 24 heavy (non-hydrogen) atoms. The first-order valence-corrected chi connectivity index (χ1v) is 8.62. The van der Waals surface area contributed by atoms with Gasteiger partial charge in [-0.2, -0.15) is 0 Å². The molecular formula is C19H18N2O3. The van der Waals surface area contributed by atoms with Crippen LogP contribution in [0, 0.1) is 11.8 Å². The molecule has 1 spiro atoms. The van der Waals surface area contributed by atoms with E-state index in [1.165, 1.54) is 10.9 Å². The number of carbonyl (C=O) groups is 1. The SMILES string of the molecule is O=C1[C@H]2[C@@H](CO)C3C=CC2(O3)[C@H]2c3[nH]c4ccccc4c3CCN12. The van der Waals surface area contributed by atoms with Crippen molar-refractivity contribution in [2.45, 2.75) is 24.2 Å². The second-order valence-corrected chi connectivity index (χ2v) is 7.37. The minimum atomic E-state index is -0.620. The monoisotopic (exact) mass is 322 g/mol. The van der Waals surface area contributed by atoms with Crippen molar-refractivity contribution >= 4 is 16.8 Å². The van der Waals surface area contributed by atoms with Gasteiger partial charge in [0.05, 0.1) is 12.0 Å². The molecule has 2 unspecified atom stereocenters. The number of aliphatic hydroxyl groups excluding tert-OH is 1. The largest absolute Gasteiger partial charge is 0.396 e. The fourth-order valence-corrected chi connectivity index (χ4v) is 5.53. The maximum Gasteiger partial charge on any atom is 0.230 e. The van der Waals surface area contributed by atoms with E-state index < -0.39 is 5.60 Å². The number of amides is 1. The minimum Gasteiger partial charge on any atom is -0.396 e. The second-order valence-electron chi connectivity index (χ2n) is 7.37. The number of ether oxygens (including phenoxy) is 1. The van der Waals surface area contributed by atoms with Crippen molar-refractivity contribution in [2.24, 2.45) is 11.8 Å². The molecular weight excluding hydrogens is 304 g/mol. The van der Waals surface area contributed by atoms with Crippen molar-refractivity contribution in [3.05, 3.63) is 47.7 Å². The van der Waals surface area contributed by atoms with Crippen molar-refractivity contribution in [2.75, 3.05) is 13.2 Å². The Hall–Kier alpha value is -2.11. The number of aromatic amines is 1. The number of nitrogens with one attached hydrogen (secondary N) is 1. The Morgan fingerprint density at radius 3 is 3.12 bits per heavy atom. The number of nitrogens with zero attached hydrogens (tertiary/aromatic N) is 1. The first kappa shape index (κ1) is 13.2. The zero-order valence-corrected chi connectivity index (χ0v) is 13.1. The zero-order chi connectivity index (χ0) is 16.1. The second kappa shape index (κ2) is 4.10. The number of carbonyl (C=O) groups excluding carboxylic acids is 1. The molecule has 1 aromatic heterocycles. The molecule has 5 heteroatoms. The van der Waals surface area contributed by atoms with Crippen molar-refractivity contribution in [1.29, 1.82) is 0 Å². The third-order valence-corrected chi connectivity index (χ3v) is 6.44. The quantitative estimate of drug-likeness (QED) is 0.783. The molecule has 2 aromatic rings. The molecule has 2 fully saturated rings. The van der Waals surface area contributed by atoms with Crippen LogP contribution in [0.2, 0.25) is 0 Å². The summed E-state index contributed by atoms with van der Waals surface area (Å²) < 4.78 is 6.33. The summed E-state index contributed by atoms with van der Waals surface area (Å²) in [5.41, 5.74) is 2.92. The zero-order valence-electron chi connectivity index (χ0n) is 13.1. The average molecular weight is 322 g/mol. The van der Waals surface area contributed by atoms with E-state index in [9.17, 15) is 9.90 Å². The molecule has 5 atom stereocenters. The molecule has 0 saturated carbocycles. The summed E-state index contributed by atoms with van der Waals surface area (Å²) in [7, 11) is 0. The van der Waals surface area contributed by atoms with Crippen LogP contribution in [0.3, 0.4) is 0 Å². The molecule has 0 aliphatic carbocycles. The lowest BCUT2D eigenvalue weighted by Gasteiger charge is -2.36. The van der Waals surface area contributed by atoms with Gasteiger partial charge in [0.1, 0.15) is 11.6 Å². The molecule has 0 radical (unpaired) electrons. The van der Waals surface area contributed by atoms with Gasteiger partial charge < -0.3 is 19.7 Å². The van der Waals surface area contributed by atoms with Crippen LogP contribution in [-0.2, 0) is 16.0 Å². The molecule has 2 N–H and O–H groups in total. The Kier molecular flexibility index (Phi) is 2.26. The van der Waals surface area contributed by atoms with Crippen LogP contribution < -0.4 is 0 Å². The number of hydrogen-bond donors (Lipinski definition) is 2. The van der Waals surface area contributed by atoms with Crippen LogP contribution >= 0.6 is 0 Å².